The van der Waals surface area contributed by atoms with Gasteiger partial charge in [-0.15, -0.1) is 11.8 Å². The van der Waals surface area contributed by atoms with Crippen LogP contribution in [-0.2, 0) is 7.05 Å². The molecule has 0 unspecified atom stereocenters. The van der Waals surface area contributed by atoms with E-state index in [0.29, 0.717) is 5.25 Å². The molecule has 17 heavy (non-hydrogen) atoms. The summed E-state index contributed by atoms with van der Waals surface area (Å²) in [6.07, 6.45) is 5.08. The Hall–Kier alpha value is -1.17. The molecule has 1 aliphatic carbocycles. The zero-order valence-electron chi connectivity index (χ0n) is 10.2. The third kappa shape index (κ3) is 2.41. The van der Waals surface area contributed by atoms with Crippen molar-refractivity contribution in [2.45, 2.75) is 42.9 Å². The third-order valence-corrected chi connectivity index (χ3v) is 4.61. The fourth-order valence-electron chi connectivity index (χ4n) is 2.28. The van der Waals surface area contributed by atoms with Gasteiger partial charge in [-0.3, -0.25) is 4.68 Å². The SMILES string of the molecule is Cc1nn(C)c(SC2CCCC2)c1/C(N)=N/O. The van der Waals surface area contributed by atoms with Crippen LogP contribution in [0.1, 0.15) is 36.9 Å². The Morgan fingerprint density at radius 1 is 1.53 bits per heavy atom. The number of amidine groups is 1. The van der Waals surface area contributed by atoms with Crippen molar-refractivity contribution in [1.82, 2.24) is 9.78 Å². The number of nitrogens with zero attached hydrogens (tertiary/aromatic N) is 3. The minimum atomic E-state index is 0.149. The average Bonchev–Trinajstić information content (AvgIpc) is 2.88. The third-order valence-electron chi connectivity index (χ3n) is 3.11. The average molecular weight is 254 g/mol. The van der Waals surface area contributed by atoms with Gasteiger partial charge in [0.05, 0.1) is 11.3 Å². The van der Waals surface area contributed by atoms with Crippen molar-refractivity contribution in [3.63, 3.8) is 0 Å². The number of hydrogen-bond acceptors (Lipinski definition) is 4. The van der Waals surface area contributed by atoms with Gasteiger partial charge >= 0.3 is 0 Å². The number of thioether (sulfide) groups is 1. The molecule has 0 aliphatic heterocycles. The zero-order chi connectivity index (χ0) is 12.4. The van der Waals surface area contributed by atoms with Crippen molar-refractivity contribution in [1.29, 1.82) is 0 Å². The number of aryl methyl sites for hydroxylation is 2. The van der Waals surface area contributed by atoms with Crippen molar-refractivity contribution in [2.24, 2.45) is 17.9 Å². The summed E-state index contributed by atoms with van der Waals surface area (Å²) >= 11 is 1.80. The molecule has 94 valence electrons. The second-order valence-electron chi connectivity index (χ2n) is 4.40. The molecule has 0 amide bonds. The van der Waals surface area contributed by atoms with Crippen LogP contribution < -0.4 is 5.73 Å². The molecule has 3 N–H and O–H groups in total. The summed E-state index contributed by atoms with van der Waals surface area (Å²) < 4.78 is 1.83. The maximum absolute atomic E-state index is 8.82. The Balaban J connectivity index is 2.31. The normalized spacial score (nSPS) is 17.9. The topological polar surface area (TPSA) is 76.4 Å². The van der Waals surface area contributed by atoms with Gasteiger partial charge in [-0.05, 0) is 19.8 Å². The van der Waals surface area contributed by atoms with Gasteiger partial charge in [0, 0.05) is 12.3 Å². The molecular formula is C11H18N4OS. The Kier molecular flexibility index (Phi) is 3.61. The predicted molar refractivity (Wildman–Crippen MR) is 68.6 cm³/mol. The van der Waals surface area contributed by atoms with Gasteiger partial charge in [0.2, 0.25) is 0 Å². The van der Waals surface area contributed by atoms with Crippen LogP contribution in [0.25, 0.3) is 0 Å². The molecule has 5 nitrogen and oxygen atoms in total. The van der Waals surface area contributed by atoms with Gasteiger partial charge in [0.25, 0.3) is 0 Å². The van der Waals surface area contributed by atoms with Crippen molar-refractivity contribution in [3.8, 4) is 0 Å². The molecule has 1 saturated carbocycles. The van der Waals surface area contributed by atoms with Gasteiger partial charge in [0.1, 0.15) is 5.03 Å². The Morgan fingerprint density at radius 2 is 2.18 bits per heavy atom. The molecule has 0 aromatic carbocycles. The predicted octanol–water partition coefficient (Wildman–Crippen LogP) is 1.86. The highest BCUT2D eigenvalue weighted by atomic mass is 32.2. The quantitative estimate of drug-likeness (QED) is 0.373. The number of oxime groups is 1. The largest absolute Gasteiger partial charge is 0.409 e. The van der Waals surface area contributed by atoms with E-state index >= 15 is 0 Å². The molecule has 0 saturated heterocycles. The maximum Gasteiger partial charge on any atom is 0.174 e. The lowest BCUT2D eigenvalue weighted by Gasteiger charge is -2.10. The van der Waals surface area contributed by atoms with Crippen molar-refractivity contribution in [3.05, 3.63) is 11.3 Å². The van der Waals surface area contributed by atoms with Gasteiger partial charge < -0.3 is 10.9 Å². The second kappa shape index (κ2) is 5.00. The molecule has 1 aromatic rings. The van der Waals surface area contributed by atoms with Crippen LogP contribution in [0.5, 0.6) is 0 Å². The smallest absolute Gasteiger partial charge is 0.174 e. The summed E-state index contributed by atoms with van der Waals surface area (Å²) in [5, 5.41) is 17.9. The summed E-state index contributed by atoms with van der Waals surface area (Å²) in [7, 11) is 1.90. The molecule has 6 heteroatoms. The maximum atomic E-state index is 8.82. The molecule has 0 radical (unpaired) electrons. The van der Waals surface area contributed by atoms with E-state index in [1.807, 2.05) is 18.7 Å². The van der Waals surface area contributed by atoms with Crippen LogP contribution in [0.3, 0.4) is 0 Å². The number of hydrogen-bond donors (Lipinski definition) is 2. The van der Waals surface area contributed by atoms with E-state index in [9.17, 15) is 0 Å². The van der Waals surface area contributed by atoms with Crippen molar-refractivity contribution in [2.75, 3.05) is 0 Å². The number of nitrogens with two attached hydrogens (primary N) is 1. The molecule has 1 heterocycles. The lowest BCUT2D eigenvalue weighted by molar-refractivity contribution is 0.318. The molecule has 1 fully saturated rings. The Labute approximate surface area is 105 Å². The van der Waals surface area contributed by atoms with Gasteiger partial charge in [-0.25, -0.2) is 0 Å². The minimum Gasteiger partial charge on any atom is -0.409 e. The first-order valence-corrected chi connectivity index (χ1v) is 6.69. The summed E-state index contributed by atoms with van der Waals surface area (Å²) in [5.74, 6) is 0.149. The molecule has 2 rings (SSSR count). The van der Waals surface area contributed by atoms with Gasteiger partial charge in [-0.1, -0.05) is 18.0 Å². The van der Waals surface area contributed by atoms with E-state index in [2.05, 4.69) is 10.3 Å². The van der Waals surface area contributed by atoms with E-state index in [1.54, 1.807) is 11.8 Å². The highest BCUT2D eigenvalue weighted by Gasteiger charge is 2.23. The number of aromatic nitrogens is 2. The van der Waals surface area contributed by atoms with E-state index in [1.165, 1.54) is 25.7 Å². The van der Waals surface area contributed by atoms with Crippen molar-refractivity contribution >= 4 is 17.6 Å². The standard InChI is InChI=1S/C11H18N4OS/c1-7-9(10(12)14-16)11(15(2)13-7)17-8-5-3-4-6-8/h8,16H,3-6H2,1-2H3,(H2,12,14). The molecule has 0 spiro atoms. The van der Waals surface area contributed by atoms with Crippen LogP contribution in [-0.4, -0.2) is 26.1 Å². The van der Waals surface area contributed by atoms with Gasteiger partial charge in [-0.2, -0.15) is 5.10 Å². The van der Waals surface area contributed by atoms with Crippen LogP contribution in [0.4, 0.5) is 0 Å². The van der Waals surface area contributed by atoms with E-state index in [4.69, 9.17) is 10.9 Å². The lowest BCUT2D eigenvalue weighted by Crippen LogP contribution is -2.15. The summed E-state index contributed by atoms with van der Waals surface area (Å²) in [5.41, 5.74) is 7.30. The fourth-order valence-corrected chi connectivity index (χ4v) is 3.73. The van der Waals surface area contributed by atoms with Crippen LogP contribution in [0.2, 0.25) is 0 Å². The fraction of sp³-hybridized carbons (Fsp3) is 0.636. The van der Waals surface area contributed by atoms with Crippen LogP contribution in [0, 0.1) is 6.92 Å². The number of rotatable bonds is 3. The van der Waals surface area contributed by atoms with Crippen molar-refractivity contribution < 1.29 is 5.21 Å². The van der Waals surface area contributed by atoms with E-state index in [0.717, 1.165) is 16.3 Å². The van der Waals surface area contributed by atoms with Gasteiger partial charge in [0.15, 0.2) is 5.84 Å². The highest BCUT2D eigenvalue weighted by molar-refractivity contribution is 8.00. The Morgan fingerprint density at radius 3 is 2.76 bits per heavy atom. The summed E-state index contributed by atoms with van der Waals surface area (Å²) in [6, 6.07) is 0. The molecule has 0 bridgehead atoms. The first-order chi connectivity index (χ1) is 8.13. The first-order valence-electron chi connectivity index (χ1n) is 5.81. The zero-order valence-corrected chi connectivity index (χ0v) is 11.0. The molecule has 0 atom stereocenters. The van der Waals surface area contributed by atoms with Crippen LogP contribution >= 0.6 is 11.8 Å². The van der Waals surface area contributed by atoms with Crippen LogP contribution in [0.15, 0.2) is 10.2 Å². The Bertz CT molecular complexity index is 435. The highest BCUT2D eigenvalue weighted by Crippen LogP contribution is 2.36. The lowest BCUT2D eigenvalue weighted by atomic mass is 10.2. The van der Waals surface area contributed by atoms with E-state index < -0.39 is 0 Å². The molecule has 1 aromatic heterocycles. The summed E-state index contributed by atoms with van der Waals surface area (Å²) in [4.78, 5) is 0. The van der Waals surface area contributed by atoms with E-state index in [-0.39, 0.29) is 5.84 Å². The monoisotopic (exact) mass is 254 g/mol. The summed E-state index contributed by atoms with van der Waals surface area (Å²) in [6.45, 7) is 1.88. The second-order valence-corrected chi connectivity index (χ2v) is 5.69. The minimum absolute atomic E-state index is 0.149. The first kappa shape index (κ1) is 12.3. The molecular weight excluding hydrogens is 236 g/mol. The molecule has 1 aliphatic rings.